The molecule has 3 heterocycles. The van der Waals surface area contributed by atoms with Crippen molar-refractivity contribution in [1.82, 2.24) is 19.5 Å². The molecule has 3 rings (SSSR count). The van der Waals surface area contributed by atoms with Gasteiger partial charge in [0.2, 0.25) is 0 Å². The van der Waals surface area contributed by atoms with E-state index in [1.165, 1.54) is 6.33 Å². The Morgan fingerprint density at radius 1 is 1.39 bits per heavy atom. The molecule has 0 bridgehead atoms. The van der Waals surface area contributed by atoms with Crippen LogP contribution in [0.25, 0.3) is 11.2 Å². The number of nitrogen functional groups attached to an aromatic ring is 1. The fraction of sp³-hybridized carbons (Fsp3) is 0.615. The summed E-state index contributed by atoms with van der Waals surface area (Å²) in [4.78, 5) is 12.3. The Kier molecular flexibility index (Phi) is 4.97. The fourth-order valence-corrected chi connectivity index (χ4v) is 3.70. The maximum Gasteiger partial charge on any atom is 0.167 e. The molecule has 10 heteroatoms. The van der Waals surface area contributed by atoms with Crippen molar-refractivity contribution in [2.75, 3.05) is 23.8 Å². The van der Waals surface area contributed by atoms with Crippen LogP contribution in [0.2, 0.25) is 0 Å². The lowest BCUT2D eigenvalue weighted by molar-refractivity contribution is -0.367. The zero-order chi connectivity index (χ0) is 16.4. The van der Waals surface area contributed by atoms with E-state index < -0.39 is 18.4 Å². The second-order valence-corrected chi connectivity index (χ2v) is 6.65. The number of hydrogen-bond donors (Lipinski definition) is 4. The zero-order valence-corrected chi connectivity index (χ0v) is 13.5. The molecule has 1 aliphatic rings. The molecule has 1 aliphatic heterocycles. The minimum Gasteiger partial charge on any atom is -0.389 e. The third-order valence-corrected chi connectivity index (χ3v) is 5.04. The number of thioether (sulfide) groups is 1. The summed E-state index contributed by atoms with van der Waals surface area (Å²) in [7, 11) is 0. The van der Waals surface area contributed by atoms with Crippen molar-refractivity contribution >= 4 is 28.7 Å². The molecular formula is C13H22N7O2S+. The molecule has 0 aliphatic carbocycles. The quantitative estimate of drug-likeness (QED) is 0.457. The number of aliphatic hydroxyl groups excluding tert-OH is 1. The van der Waals surface area contributed by atoms with Crippen molar-refractivity contribution in [2.24, 2.45) is 5.73 Å². The largest absolute Gasteiger partial charge is 0.389 e. The van der Waals surface area contributed by atoms with E-state index in [0.29, 0.717) is 22.7 Å². The van der Waals surface area contributed by atoms with Crippen LogP contribution in [-0.2, 0) is 4.74 Å². The summed E-state index contributed by atoms with van der Waals surface area (Å²) in [5.74, 6) is 1.99. The lowest BCUT2D eigenvalue weighted by Crippen LogP contribution is -2.50. The number of rotatable bonds is 6. The normalized spacial score (nSPS) is 27.8. The van der Waals surface area contributed by atoms with Gasteiger partial charge in [0.05, 0.1) is 25.0 Å². The third-order valence-electron chi connectivity index (χ3n) is 3.90. The van der Waals surface area contributed by atoms with Gasteiger partial charge in [0.1, 0.15) is 17.9 Å². The van der Waals surface area contributed by atoms with Gasteiger partial charge in [0, 0.05) is 12.2 Å². The van der Waals surface area contributed by atoms with Crippen molar-refractivity contribution in [3.63, 3.8) is 0 Å². The maximum atomic E-state index is 10.3. The zero-order valence-electron chi connectivity index (χ0n) is 12.7. The molecule has 2 aromatic rings. The van der Waals surface area contributed by atoms with E-state index in [-0.39, 0.29) is 6.10 Å². The third kappa shape index (κ3) is 3.12. The lowest BCUT2D eigenvalue weighted by Gasteiger charge is -2.17. The number of quaternary nitrogens is 1. The highest BCUT2D eigenvalue weighted by atomic mass is 32.2. The molecule has 1 fully saturated rings. The fourth-order valence-electron chi connectivity index (χ4n) is 2.62. The molecule has 23 heavy (non-hydrogen) atoms. The average molecular weight is 340 g/mol. The van der Waals surface area contributed by atoms with Gasteiger partial charge in [-0.25, -0.2) is 15.0 Å². The minimum absolute atomic E-state index is 0.307. The van der Waals surface area contributed by atoms with Crippen LogP contribution in [0.1, 0.15) is 12.6 Å². The van der Waals surface area contributed by atoms with Crippen LogP contribution < -0.4 is 17.2 Å². The highest BCUT2D eigenvalue weighted by Crippen LogP contribution is 2.32. The van der Waals surface area contributed by atoms with Gasteiger partial charge >= 0.3 is 0 Å². The second kappa shape index (κ2) is 6.97. The molecule has 0 spiro atoms. The monoisotopic (exact) mass is 340 g/mol. The summed E-state index contributed by atoms with van der Waals surface area (Å²) in [6.07, 6.45) is 2.42. The Bertz CT molecular complexity index is 667. The smallest absolute Gasteiger partial charge is 0.167 e. The number of hydrogen-bond acceptors (Lipinski definition) is 8. The van der Waals surface area contributed by atoms with Crippen LogP contribution in [-0.4, -0.2) is 60.9 Å². The Balaban J connectivity index is 1.76. The van der Waals surface area contributed by atoms with Crippen LogP contribution in [0, 0.1) is 0 Å². The van der Waals surface area contributed by atoms with Gasteiger partial charge in [-0.15, -0.1) is 0 Å². The van der Waals surface area contributed by atoms with Crippen molar-refractivity contribution in [1.29, 1.82) is 0 Å². The van der Waals surface area contributed by atoms with Gasteiger partial charge in [-0.05, 0) is 5.75 Å². The van der Waals surface area contributed by atoms with E-state index in [1.807, 2.05) is 0 Å². The highest BCUT2D eigenvalue weighted by Gasteiger charge is 2.42. The summed E-state index contributed by atoms with van der Waals surface area (Å²) >= 11 is 1.74. The van der Waals surface area contributed by atoms with Crippen molar-refractivity contribution in [3.05, 3.63) is 12.7 Å². The van der Waals surface area contributed by atoms with Crippen LogP contribution in [0.5, 0.6) is 0 Å². The molecule has 9 nitrogen and oxygen atoms in total. The van der Waals surface area contributed by atoms with Gasteiger partial charge in [0.25, 0.3) is 0 Å². The molecule has 0 unspecified atom stereocenters. The lowest BCUT2D eigenvalue weighted by atomic mass is 10.1. The molecule has 1 saturated heterocycles. The standard InChI is InChI=1S/C13H21N7O2S/c14-2-1-3-23-4-7-10(21)8(15)13(22-7)20-6-19-9-11(16)17-5-18-12(9)20/h5-8,10,13,21H,1-4,14-15H2,(H2,16,17,18)/p+1/t7-,8-,10-,13-/m1/s1. The highest BCUT2D eigenvalue weighted by molar-refractivity contribution is 7.99. The van der Waals surface area contributed by atoms with Gasteiger partial charge in [-0.3, -0.25) is 4.57 Å². The molecular weight excluding hydrogens is 318 g/mol. The van der Waals surface area contributed by atoms with Gasteiger partial charge in [0.15, 0.2) is 17.7 Å². The van der Waals surface area contributed by atoms with Crippen LogP contribution in [0.3, 0.4) is 0 Å². The molecule has 0 radical (unpaired) electrons. The number of ether oxygens (including phenoxy) is 1. The topological polar surface area (TPSA) is 153 Å². The van der Waals surface area contributed by atoms with E-state index in [9.17, 15) is 5.11 Å². The van der Waals surface area contributed by atoms with Crippen molar-refractivity contribution in [2.45, 2.75) is 30.9 Å². The maximum absolute atomic E-state index is 10.3. The van der Waals surface area contributed by atoms with Crippen molar-refractivity contribution < 1.29 is 15.6 Å². The average Bonchev–Trinajstić information content (AvgIpc) is 3.09. The first-order valence-corrected chi connectivity index (χ1v) is 8.68. The summed E-state index contributed by atoms with van der Waals surface area (Å²) < 4.78 is 7.68. The SMILES string of the molecule is Nc1ncnc2c1ncn2[C@@H]1O[C@H](CSCCC[NH3+])[C@@H](O)[C@H]1N. The molecule has 126 valence electrons. The van der Waals surface area contributed by atoms with Gasteiger partial charge in [-0.2, -0.15) is 11.8 Å². The second-order valence-electron chi connectivity index (χ2n) is 5.50. The first kappa shape index (κ1) is 16.4. The van der Waals surface area contributed by atoms with Crippen LogP contribution in [0.15, 0.2) is 12.7 Å². The Morgan fingerprint density at radius 3 is 3.00 bits per heavy atom. The first-order chi connectivity index (χ1) is 11.1. The Morgan fingerprint density at radius 2 is 2.22 bits per heavy atom. The summed E-state index contributed by atoms with van der Waals surface area (Å²) in [6.45, 7) is 0.908. The van der Waals surface area contributed by atoms with Crippen molar-refractivity contribution in [3.8, 4) is 0 Å². The number of fused-ring (bicyclic) bond motifs is 1. The summed E-state index contributed by atoms with van der Waals surface area (Å²) in [5, 5.41) is 10.3. The Hall–Kier alpha value is -1.46. The number of nitrogens with two attached hydrogens (primary N) is 2. The number of nitrogens with zero attached hydrogens (tertiary/aromatic N) is 4. The Labute approximate surface area is 137 Å². The first-order valence-electron chi connectivity index (χ1n) is 7.52. The van der Waals surface area contributed by atoms with E-state index in [1.54, 1.807) is 22.7 Å². The number of aromatic nitrogens is 4. The molecule has 0 saturated carbocycles. The summed E-state index contributed by atoms with van der Waals surface area (Å²) in [5.41, 5.74) is 16.8. The molecule has 0 amide bonds. The van der Waals surface area contributed by atoms with Gasteiger partial charge < -0.3 is 27.0 Å². The van der Waals surface area contributed by atoms with Crippen LogP contribution in [0.4, 0.5) is 5.82 Å². The predicted molar refractivity (Wildman–Crippen MR) is 87.3 cm³/mol. The van der Waals surface area contributed by atoms with Crippen LogP contribution >= 0.6 is 11.8 Å². The van der Waals surface area contributed by atoms with Gasteiger partial charge in [-0.1, -0.05) is 0 Å². The van der Waals surface area contributed by atoms with E-state index in [0.717, 1.165) is 18.7 Å². The predicted octanol–water partition coefficient (Wildman–Crippen LogP) is -1.64. The molecule has 8 N–H and O–H groups in total. The molecule has 0 aromatic carbocycles. The van der Waals surface area contributed by atoms with E-state index >= 15 is 0 Å². The molecule has 2 aromatic heterocycles. The van der Waals surface area contributed by atoms with E-state index in [2.05, 4.69) is 20.7 Å². The van der Waals surface area contributed by atoms with E-state index in [4.69, 9.17) is 16.2 Å². The molecule has 4 atom stereocenters. The summed E-state index contributed by atoms with van der Waals surface area (Å²) in [6, 6.07) is -0.554. The number of imidazole rings is 1. The number of aliphatic hydroxyl groups is 1. The minimum atomic E-state index is -0.733. The number of anilines is 1.